The summed E-state index contributed by atoms with van der Waals surface area (Å²) in [4.78, 5) is 34.7. The number of H-pyrrole nitrogens is 2. The van der Waals surface area contributed by atoms with Gasteiger partial charge in [0.2, 0.25) is 5.56 Å². The molecule has 0 aliphatic rings. The van der Waals surface area contributed by atoms with Crippen molar-refractivity contribution < 1.29 is 4.39 Å². The second-order valence-corrected chi connectivity index (χ2v) is 8.20. The van der Waals surface area contributed by atoms with E-state index >= 15 is 0 Å². The summed E-state index contributed by atoms with van der Waals surface area (Å²) < 4.78 is 16.2. The van der Waals surface area contributed by atoms with E-state index in [0.29, 0.717) is 5.69 Å². The Labute approximate surface area is 191 Å². The molecule has 0 saturated carbocycles. The zero-order valence-corrected chi connectivity index (χ0v) is 17.9. The summed E-state index contributed by atoms with van der Waals surface area (Å²) in [5.74, 6) is -0.315. The van der Waals surface area contributed by atoms with Crippen LogP contribution in [0.5, 0.6) is 0 Å². The van der Waals surface area contributed by atoms with E-state index in [4.69, 9.17) is 0 Å². The van der Waals surface area contributed by atoms with E-state index < -0.39 is 0 Å². The predicted molar refractivity (Wildman–Crippen MR) is 130 cm³/mol. The number of nitrogens with one attached hydrogen (secondary N) is 3. The lowest BCUT2D eigenvalue weighted by molar-refractivity contribution is 0.626. The molecule has 0 radical (unpaired) electrons. The Morgan fingerprint density at radius 3 is 2.52 bits per heavy atom. The summed E-state index contributed by atoms with van der Waals surface area (Å²) in [6, 6.07) is 18.9. The van der Waals surface area contributed by atoms with Gasteiger partial charge in [-0.2, -0.15) is 0 Å². The van der Waals surface area contributed by atoms with Gasteiger partial charge < -0.3 is 14.7 Å². The number of fused-ring (bicyclic) bond motifs is 1. The Morgan fingerprint density at radius 2 is 1.70 bits per heavy atom. The maximum absolute atomic E-state index is 13.1. The van der Waals surface area contributed by atoms with Crippen molar-refractivity contribution in [2.45, 2.75) is 4.90 Å². The largest absolute Gasteiger partial charge is 0.329 e. The summed E-state index contributed by atoms with van der Waals surface area (Å²) >= 11 is 1.22. The minimum absolute atomic E-state index is 0.177. The standard InChI is InChI=1S/C25H17FN4O2S/c26-18-2-4-19(5-3-18)33-30-23-12-17(14-29-25(23)32)15-1-6-22-21(11-15)20(8-10-27-22)16-7-9-28-24(31)13-16/h1-14,30H,(H,28,31)(H,29,32). The van der Waals surface area contributed by atoms with Crippen molar-refractivity contribution >= 4 is 28.5 Å². The summed E-state index contributed by atoms with van der Waals surface area (Å²) in [7, 11) is 0. The molecular formula is C25H17FN4O2S. The van der Waals surface area contributed by atoms with Crippen molar-refractivity contribution in [3.8, 4) is 22.3 Å². The van der Waals surface area contributed by atoms with Crippen LogP contribution in [0.4, 0.5) is 10.1 Å². The van der Waals surface area contributed by atoms with Crippen molar-refractivity contribution in [3.63, 3.8) is 0 Å². The number of pyridine rings is 3. The number of anilines is 1. The molecule has 0 unspecified atom stereocenters. The van der Waals surface area contributed by atoms with Gasteiger partial charge in [0, 0.05) is 40.5 Å². The highest BCUT2D eigenvalue weighted by Gasteiger charge is 2.09. The third-order valence-electron chi connectivity index (χ3n) is 5.16. The zero-order valence-electron chi connectivity index (χ0n) is 17.1. The molecule has 8 heteroatoms. The highest BCUT2D eigenvalue weighted by atomic mass is 32.2. The Bertz CT molecular complexity index is 1580. The van der Waals surface area contributed by atoms with Crippen LogP contribution in [0, 0.1) is 5.82 Å². The first kappa shape index (κ1) is 20.7. The van der Waals surface area contributed by atoms with E-state index in [-0.39, 0.29) is 16.9 Å². The fraction of sp³-hybridized carbons (Fsp3) is 0. The van der Waals surface area contributed by atoms with E-state index in [1.807, 2.05) is 30.3 Å². The highest BCUT2D eigenvalue weighted by molar-refractivity contribution is 8.00. The van der Waals surface area contributed by atoms with Gasteiger partial charge in [0.25, 0.3) is 5.56 Å². The first-order valence-electron chi connectivity index (χ1n) is 10.1. The maximum atomic E-state index is 13.1. The quantitative estimate of drug-likeness (QED) is 0.316. The molecule has 0 bridgehead atoms. The van der Waals surface area contributed by atoms with Gasteiger partial charge in [0.1, 0.15) is 11.5 Å². The molecule has 33 heavy (non-hydrogen) atoms. The fourth-order valence-electron chi connectivity index (χ4n) is 3.53. The highest BCUT2D eigenvalue weighted by Crippen LogP contribution is 2.31. The normalized spacial score (nSPS) is 10.9. The number of halogens is 1. The van der Waals surface area contributed by atoms with Gasteiger partial charge in [-0.25, -0.2) is 4.39 Å². The Hall–Kier alpha value is -4.17. The molecule has 0 spiro atoms. The second kappa shape index (κ2) is 8.76. The van der Waals surface area contributed by atoms with E-state index in [1.165, 1.54) is 24.1 Å². The third-order valence-corrected chi connectivity index (χ3v) is 5.99. The molecule has 2 aromatic carbocycles. The molecule has 0 saturated heterocycles. The lowest BCUT2D eigenvalue weighted by Gasteiger charge is -2.10. The average molecular weight is 457 g/mol. The number of aromatic nitrogens is 3. The molecule has 5 rings (SSSR count). The van der Waals surface area contributed by atoms with Gasteiger partial charge >= 0.3 is 0 Å². The van der Waals surface area contributed by atoms with Crippen LogP contribution in [0.25, 0.3) is 33.2 Å². The average Bonchev–Trinajstić information content (AvgIpc) is 2.84. The molecule has 162 valence electrons. The van der Waals surface area contributed by atoms with Gasteiger partial charge in [0.05, 0.1) is 5.52 Å². The first-order valence-corrected chi connectivity index (χ1v) is 10.9. The number of hydrogen-bond donors (Lipinski definition) is 3. The molecule has 6 nitrogen and oxygen atoms in total. The summed E-state index contributed by atoms with van der Waals surface area (Å²) in [5.41, 5.74) is 4.11. The number of nitrogens with zero attached hydrogens (tertiary/aromatic N) is 1. The lowest BCUT2D eigenvalue weighted by atomic mass is 9.98. The van der Waals surface area contributed by atoms with Crippen LogP contribution in [-0.4, -0.2) is 15.0 Å². The minimum Gasteiger partial charge on any atom is -0.329 e. The number of benzene rings is 2. The zero-order chi connectivity index (χ0) is 22.8. The Morgan fingerprint density at radius 1 is 0.848 bits per heavy atom. The smallest absolute Gasteiger partial charge is 0.272 e. The van der Waals surface area contributed by atoms with Gasteiger partial charge in [-0.15, -0.1) is 0 Å². The Kier molecular flexibility index (Phi) is 5.50. The molecule has 3 N–H and O–H groups in total. The molecule has 0 amide bonds. The van der Waals surface area contributed by atoms with Gasteiger partial charge in [-0.1, -0.05) is 6.07 Å². The summed E-state index contributed by atoms with van der Waals surface area (Å²) in [5, 5.41) is 0.891. The monoisotopic (exact) mass is 456 g/mol. The van der Waals surface area contributed by atoms with Crippen LogP contribution in [0.3, 0.4) is 0 Å². The number of aromatic amines is 2. The maximum Gasteiger partial charge on any atom is 0.272 e. The van der Waals surface area contributed by atoms with Gasteiger partial charge in [-0.05, 0) is 83.2 Å². The Balaban J connectivity index is 1.52. The molecule has 0 fully saturated rings. The number of rotatable bonds is 5. The molecular weight excluding hydrogens is 439 g/mol. The molecule has 0 aliphatic heterocycles. The van der Waals surface area contributed by atoms with Crippen LogP contribution in [-0.2, 0) is 0 Å². The molecule has 3 aromatic heterocycles. The van der Waals surface area contributed by atoms with Gasteiger partial charge in [0.15, 0.2) is 0 Å². The van der Waals surface area contributed by atoms with E-state index in [2.05, 4.69) is 19.7 Å². The van der Waals surface area contributed by atoms with Crippen molar-refractivity contribution in [1.29, 1.82) is 0 Å². The van der Waals surface area contributed by atoms with Gasteiger partial charge in [-0.3, -0.25) is 14.6 Å². The minimum atomic E-state index is -0.315. The van der Waals surface area contributed by atoms with Crippen LogP contribution in [0.1, 0.15) is 0 Å². The van der Waals surface area contributed by atoms with Crippen LogP contribution in [0.15, 0.2) is 99.8 Å². The van der Waals surface area contributed by atoms with Crippen LogP contribution < -0.4 is 15.8 Å². The van der Waals surface area contributed by atoms with Crippen molar-refractivity contribution in [2.75, 3.05) is 4.72 Å². The first-order chi connectivity index (χ1) is 16.1. The molecule has 0 atom stereocenters. The lowest BCUT2D eigenvalue weighted by Crippen LogP contribution is -2.09. The molecule has 3 heterocycles. The molecule has 0 aliphatic carbocycles. The SMILES string of the molecule is O=c1cc(-c2ccnc3ccc(-c4c[nH]c(=O)c(NSc5ccc(F)cc5)c4)cc23)cc[nH]1. The van der Waals surface area contributed by atoms with E-state index in [0.717, 1.165) is 38.1 Å². The van der Waals surface area contributed by atoms with E-state index in [1.54, 1.807) is 42.9 Å². The van der Waals surface area contributed by atoms with Crippen molar-refractivity contribution in [3.05, 3.63) is 112 Å². The van der Waals surface area contributed by atoms with E-state index in [9.17, 15) is 14.0 Å². The fourth-order valence-corrected chi connectivity index (χ4v) is 4.18. The van der Waals surface area contributed by atoms with Crippen molar-refractivity contribution in [2.24, 2.45) is 0 Å². The second-order valence-electron chi connectivity index (χ2n) is 7.32. The third kappa shape index (κ3) is 4.42. The summed E-state index contributed by atoms with van der Waals surface area (Å²) in [6.45, 7) is 0. The van der Waals surface area contributed by atoms with Crippen molar-refractivity contribution in [1.82, 2.24) is 15.0 Å². The summed E-state index contributed by atoms with van der Waals surface area (Å²) in [6.07, 6.45) is 4.99. The van der Waals surface area contributed by atoms with Crippen LogP contribution >= 0.6 is 11.9 Å². The molecule has 5 aromatic rings. The topological polar surface area (TPSA) is 90.6 Å². The number of hydrogen-bond acceptors (Lipinski definition) is 5. The predicted octanol–water partition coefficient (Wildman–Crippen LogP) is 5.20. The van der Waals surface area contributed by atoms with Crippen LogP contribution in [0.2, 0.25) is 0 Å².